The molecule has 0 atom stereocenters. The van der Waals surface area contributed by atoms with Gasteiger partial charge in [-0.1, -0.05) is 22.8 Å². The number of halogens is 1. The topological polar surface area (TPSA) is 64.7 Å². The molecule has 0 fully saturated rings. The van der Waals surface area contributed by atoms with Gasteiger partial charge in [0, 0.05) is 11.6 Å². The van der Waals surface area contributed by atoms with Crippen molar-refractivity contribution in [1.82, 2.24) is 0 Å². The third-order valence-electron chi connectivity index (χ3n) is 1.47. The fourth-order valence-electron chi connectivity index (χ4n) is 0.863. The Bertz CT molecular complexity index is 379. The van der Waals surface area contributed by atoms with Crippen molar-refractivity contribution in [2.45, 2.75) is 0 Å². The summed E-state index contributed by atoms with van der Waals surface area (Å²) in [6.07, 6.45) is 1.36. The van der Waals surface area contributed by atoms with Crippen molar-refractivity contribution in [2.75, 3.05) is 7.11 Å². The number of nitro benzene ring substituents is 1. The third kappa shape index (κ3) is 2.43. The lowest BCUT2D eigenvalue weighted by Gasteiger charge is -1.96. The summed E-state index contributed by atoms with van der Waals surface area (Å²) in [7, 11) is 1.39. The normalized spacial score (nSPS) is 10.4. The minimum atomic E-state index is -0.549. The van der Waals surface area contributed by atoms with Gasteiger partial charge >= 0.3 is 0 Å². The fraction of sp³-hybridized carbons (Fsp3) is 0.125. The predicted molar refractivity (Wildman–Crippen MR) is 52.7 cm³/mol. The molecule has 0 bridgehead atoms. The highest BCUT2D eigenvalue weighted by atomic mass is 35.5. The van der Waals surface area contributed by atoms with E-state index in [2.05, 4.69) is 9.99 Å². The van der Waals surface area contributed by atoms with Crippen molar-refractivity contribution < 1.29 is 9.76 Å². The molecule has 14 heavy (non-hydrogen) atoms. The van der Waals surface area contributed by atoms with Crippen LogP contribution in [0.15, 0.2) is 23.4 Å². The summed E-state index contributed by atoms with van der Waals surface area (Å²) in [6.45, 7) is 0. The van der Waals surface area contributed by atoms with Crippen LogP contribution < -0.4 is 0 Å². The highest BCUT2D eigenvalue weighted by molar-refractivity contribution is 6.32. The quantitative estimate of drug-likeness (QED) is 0.440. The molecule has 1 rings (SSSR count). The van der Waals surface area contributed by atoms with Crippen LogP contribution in [0.2, 0.25) is 5.02 Å². The number of benzene rings is 1. The second-order valence-electron chi connectivity index (χ2n) is 2.39. The second-order valence-corrected chi connectivity index (χ2v) is 2.79. The summed E-state index contributed by atoms with van der Waals surface area (Å²) in [5.74, 6) is 0. The van der Waals surface area contributed by atoms with Crippen molar-refractivity contribution in [1.29, 1.82) is 0 Å². The van der Waals surface area contributed by atoms with E-state index in [4.69, 9.17) is 11.6 Å². The first-order chi connectivity index (χ1) is 6.65. The van der Waals surface area contributed by atoms with Crippen LogP contribution in [0, 0.1) is 10.1 Å². The molecule has 6 heteroatoms. The van der Waals surface area contributed by atoms with Gasteiger partial charge in [-0.05, 0) is 6.07 Å². The molecular weight excluding hydrogens is 208 g/mol. The summed E-state index contributed by atoms with van der Waals surface area (Å²) >= 11 is 5.61. The SMILES string of the molecule is CO/N=C/c1ccc(Cl)c([N+](=O)[O-])c1. The molecule has 0 aliphatic carbocycles. The minimum absolute atomic E-state index is 0.101. The van der Waals surface area contributed by atoms with Gasteiger partial charge in [-0.3, -0.25) is 10.1 Å². The van der Waals surface area contributed by atoms with E-state index in [0.717, 1.165) is 0 Å². The molecule has 5 nitrogen and oxygen atoms in total. The van der Waals surface area contributed by atoms with Gasteiger partial charge in [0.2, 0.25) is 0 Å². The Morgan fingerprint density at radius 3 is 2.93 bits per heavy atom. The van der Waals surface area contributed by atoms with Crippen molar-refractivity contribution in [3.05, 3.63) is 38.9 Å². The molecule has 0 aliphatic rings. The van der Waals surface area contributed by atoms with E-state index in [1.165, 1.54) is 25.5 Å². The number of hydrogen-bond donors (Lipinski definition) is 0. The number of nitrogens with zero attached hydrogens (tertiary/aromatic N) is 2. The smallest absolute Gasteiger partial charge is 0.288 e. The molecule has 0 saturated carbocycles. The first-order valence-corrected chi connectivity index (χ1v) is 4.03. The van der Waals surface area contributed by atoms with Crippen LogP contribution in [0.3, 0.4) is 0 Å². The summed E-state index contributed by atoms with van der Waals surface area (Å²) < 4.78 is 0. The van der Waals surface area contributed by atoms with Crippen LogP contribution in [0.4, 0.5) is 5.69 Å². The molecule has 0 N–H and O–H groups in total. The molecule has 0 amide bonds. The van der Waals surface area contributed by atoms with E-state index in [0.29, 0.717) is 5.56 Å². The summed E-state index contributed by atoms with van der Waals surface area (Å²) in [5.41, 5.74) is 0.412. The Morgan fingerprint density at radius 1 is 1.64 bits per heavy atom. The van der Waals surface area contributed by atoms with Gasteiger partial charge in [-0.15, -0.1) is 0 Å². The monoisotopic (exact) mass is 214 g/mol. The van der Waals surface area contributed by atoms with Crippen molar-refractivity contribution in [3.63, 3.8) is 0 Å². The Balaban J connectivity index is 3.06. The Morgan fingerprint density at radius 2 is 2.36 bits per heavy atom. The molecule has 0 aromatic heterocycles. The lowest BCUT2D eigenvalue weighted by Crippen LogP contribution is -1.91. The zero-order valence-corrected chi connectivity index (χ0v) is 8.06. The summed E-state index contributed by atoms with van der Waals surface area (Å²) in [5, 5.41) is 14.1. The van der Waals surface area contributed by atoms with E-state index >= 15 is 0 Å². The van der Waals surface area contributed by atoms with Gasteiger partial charge in [0.1, 0.15) is 12.1 Å². The van der Waals surface area contributed by atoms with Gasteiger partial charge in [-0.2, -0.15) is 0 Å². The molecule has 0 spiro atoms. The summed E-state index contributed by atoms with van der Waals surface area (Å²) in [6, 6.07) is 4.37. The molecule has 0 saturated heterocycles. The molecule has 1 aromatic carbocycles. The van der Waals surface area contributed by atoms with E-state index in [9.17, 15) is 10.1 Å². The first-order valence-electron chi connectivity index (χ1n) is 3.65. The molecule has 74 valence electrons. The second kappa shape index (κ2) is 4.57. The van der Waals surface area contributed by atoms with E-state index in [1.807, 2.05) is 0 Å². The van der Waals surface area contributed by atoms with Gasteiger partial charge in [-0.25, -0.2) is 0 Å². The Labute approximate surface area is 85.1 Å². The van der Waals surface area contributed by atoms with E-state index in [-0.39, 0.29) is 10.7 Å². The molecule has 0 radical (unpaired) electrons. The van der Waals surface area contributed by atoms with Gasteiger partial charge < -0.3 is 4.84 Å². The highest BCUT2D eigenvalue weighted by Gasteiger charge is 2.11. The van der Waals surface area contributed by atoms with Crippen molar-refractivity contribution in [3.8, 4) is 0 Å². The van der Waals surface area contributed by atoms with Crippen molar-refractivity contribution in [2.24, 2.45) is 5.16 Å². The molecular formula is C8H7ClN2O3. The van der Waals surface area contributed by atoms with Crippen LogP contribution >= 0.6 is 11.6 Å². The average molecular weight is 215 g/mol. The van der Waals surface area contributed by atoms with E-state index < -0.39 is 4.92 Å². The predicted octanol–water partition coefficient (Wildman–Crippen LogP) is 2.23. The maximum absolute atomic E-state index is 10.5. The first kappa shape index (κ1) is 10.5. The zero-order chi connectivity index (χ0) is 10.6. The lowest BCUT2D eigenvalue weighted by molar-refractivity contribution is -0.384. The van der Waals surface area contributed by atoms with E-state index in [1.54, 1.807) is 6.07 Å². The molecule has 0 heterocycles. The zero-order valence-electron chi connectivity index (χ0n) is 7.31. The maximum Gasteiger partial charge on any atom is 0.288 e. The molecule has 0 aliphatic heterocycles. The Kier molecular flexibility index (Phi) is 3.41. The minimum Gasteiger partial charge on any atom is -0.399 e. The third-order valence-corrected chi connectivity index (χ3v) is 1.79. The number of rotatable bonds is 3. The average Bonchev–Trinajstić information content (AvgIpc) is 2.16. The largest absolute Gasteiger partial charge is 0.399 e. The summed E-state index contributed by atoms with van der Waals surface area (Å²) in [4.78, 5) is 14.4. The van der Waals surface area contributed by atoms with Gasteiger partial charge in [0.15, 0.2) is 0 Å². The van der Waals surface area contributed by atoms with Crippen LogP contribution in [-0.2, 0) is 4.84 Å². The molecule has 0 unspecified atom stereocenters. The van der Waals surface area contributed by atoms with Gasteiger partial charge in [0.05, 0.1) is 11.1 Å². The Hall–Kier alpha value is -1.62. The van der Waals surface area contributed by atoms with Crippen molar-refractivity contribution >= 4 is 23.5 Å². The lowest BCUT2D eigenvalue weighted by atomic mass is 10.2. The standard InChI is InChI=1S/C8H7ClN2O3/c1-14-10-5-6-2-3-7(9)8(4-6)11(12)13/h2-5H,1H3/b10-5+. The van der Waals surface area contributed by atoms with Crippen LogP contribution in [0.5, 0.6) is 0 Å². The van der Waals surface area contributed by atoms with Crippen LogP contribution in [0.1, 0.15) is 5.56 Å². The fourth-order valence-corrected chi connectivity index (χ4v) is 1.05. The number of oxime groups is 1. The van der Waals surface area contributed by atoms with Crippen LogP contribution in [0.25, 0.3) is 0 Å². The van der Waals surface area contributed by atoms with Gasteiger partial charge in [0.25, 0.3) is 5.69 Å². The number of hydrogen-bond acceptors (Lipinski definition) is 4. The number of nitro groups is 1. The van der Waals surface area contributed by atoms with Crippen LogP contribution in [-0.4, -0.2) is 18.2 Å². The highest BCUT2D eigenvalue weighted by Crippen LogP contribution is 2.24. The maximum atomic E-state index is 10.5. The molecule has 1 aromatic rings.